The fourth-order valence-electron chi connectivity index (χ4n) is 14.7. The van der Waals surface area contributed by atoms with Crippen LogP contribution in [-0.2, 0) is 38.4 Å². The zero-order valence-corrected chi connectivity index (χ0v) is 74.7. The normalized spacial score (nSPS) is 17.8. The van der Waals surface area contributed by atoms with E-state index in [0.29, 0.717) is 147 Å². The van der Waals surface area contributed by atoms with Gasteiger partial charge in [-0.2, -0.15) is 21.7 Å². The number of aromatic hydroxyl groups is 1. The third-order valence-corrected chi connectivity index (χ3v) is 25.0. The Kier molecular flexibility index (Phi) is 30.9. The van der Waals surface area contributed by atoms with Crippen molar-refractivity contribution in [3.8, 4) is 78.7 Å². The third-order valence-electron chi connectivity index (χ3n) is 22.4. The number of furan rings is 1. The number of hydrogen-bond acceptors (Lipinski definition) is 19. The molecule has 9 aromatic carbocycles. The van der Waals surface area contributed by atoms with Crippen molar-refractivity contribution >= 4 is 92.0 Å². The number of amides is 6. The number of nitrogens with zero attached hydrogens (tertiary/aromatic N) is 9. The summed E-state index contributed by atoms with van der Waals surface area (Å²) in [6.07, 6.45) is 5.48. The molecule has 0 saturated carbocycles. The van der Waals surface area contributed by atoms with Crippen LogP contribution in [0.5, 0.6) is 5.75 Å². The number of H-pyrrole nitrogens is 1. The molecule has 2 N–H and O–H groups in total. The van der Waals surface area contributed by atoms with E-state index >= 15 is 0 Å². The molecule has 3 aromatic heterocycles. The number of nitriles is 1. The molecule has 686 valence electrons. The van der Waals surface area contributed by atoms with E-state index in [1.54, 1.807) is 140 Å². The molecule has 6 fully saturated rings. The van der Waals surface area contributed by atoms with Crippen LogP contribution >= 0.6 is 11.3 Å². The van der Waals surface area contributed by atoms with Crippen LogP contribution in [0.15, 0.2) is 239 Å². The number of phenols is 1. The van der Waals surface area contributed by atoms with Crippen molar-refractivity contribution in [2.75, 3.05) is 82.8 Å². The van der Waals surface area contributed by atoms with Gasteiger partial charge in [-0.05, 0) is 235 Å². The lowest BCUT2D eigenvalue weighted by Gasteiger charge is -2.15. The quantitative estimate of drug-likeness (QED) is 0.0529. The van der Waals surface area contributed by atoms with E-state index in [1.807, 2.05) is 64.4 Å². The van der Waals surface area contributed by atoms with Crippen LogP contribution in [0.4, 0.5) is 89.2 Å². The van der Waals surface area contributed by atoms with Crippen molar-refractivity contribution in [2.45, 2.75) is 122 Å². The van der Waals surface area contributed by atoms with E-state index in [0.717, 1.165) is 42.0 Å². The second-order valence-electron chi connectivity index (χ2n) is 31.2. The maximum atomic E-state index is 14.7. The van der Waals surface area contributed by atoms with Gasteiger partial charge in [0.1, 0.15) is 77.3 Å². The van der Waals surface area contributed by atoms with Gasteiger partial charge in [-0.25, -0.2) is 67.8 Å². The number of aromatic amines is 1. The van der Waals surface area contributed by atoms with Crippen molar-refractivity contribution in [3.05, 3.63) is 270 Å². The smallest absolute Gasteiger partial charge is 0.414 e. The average Bonchev–Trinajstić information content (AvgIpc) is 1.44. The van der Waals surface area contributed by atoms with Crippen LogP contribution < -0.4 is 29.4 Å². The number of aromatic nitrogens is 2. The molecule has 34 heteroatoms. The zero-order chi connectivity index (χ0) is 94.2. The van der Waals surface area contributed by atoms with Gasteiger partial charge >= 0.3 is 36.6 Å². The van der Waals surface area contributed by atoms with Gasteiger partial charge in [0.05, 0.1) is 108 Å². The lowest BCUT2D eigenvalue weighted by molar-refractivity contribution is 0.138. The number of nitrogens with one attached hydrogen (secondary N) is 1. The second-order valence-corrected chi connectivity index (χ2v) is 34.1. The highest BCUT2D eigenvalue weighted by atomic mass is 32.2. The first-order chi connectivity index (χ1) is 63.5. The van der Waals surface area contributed by atoms with Gasteiger partial charge in [0, 0.05) is 59.2 Å². The summed E-state index contributed by atoms with van der Waals surface area (Å²) in [5.41, 5.74) is 9.96. The first-order valence-electron chi connectivity index (χ1n) is 42.5. The van der Waals surface area contributed by atoms with Crippen LogP contribution in [0, 0.1) is 46.2 Å². The van der Waals surface area contributed by atoms with Crippen molar-refractivity contribution in [1.82, 2.24) is 14.5 Å². The Morgan fingerprint density at radius 2 is 0.735 bits per heavy atom. The predicted molar refractivity (Wildman–Crippen MR) is 488 cm³/mol. The summed E-state index contributed by atoms with van der Waals surface area (Å²) >= 11 is 1.53. The van der Waals surface area contributed by atoms with E-state index in [4.69, 9.17) is 38.1 Å². The molecule has 6 aliphatic heterocycles. The molecule has 0 aliphatic carbocycles. The van der Waals surface area contributed by atoms with Crippen molar-refractivity contribution in [2.24, 2.45) is 0 Å². The molecule has 0 unspecified atom stereocenters. The molecule has 6 atom stereocenters. The van der Waals surface area contributed by atoms with E-state index in [-0.39, 0.29) is 53.1 Å². The highest BCUT2D eigenvalue weighted by Crippen LogP contribution is 2.38. The van der Waals surface area contributed by atoms with Gasteiger partial charge in [-0.15, -0.1) is 0 Å². The molecule has 6 amide bonds. The molecule has 132 heavy (non-hydrogen) atoms. The third kappa shape index (κ3) is 22.3. The molecule has 6 aliphatic rings. The number of cyclic esters (lactones) is 6. The number of carbonyl (C=O) groups excluding carboxylic acids is 6. The summed E-state index contributed by atoms with van der Waals surface area (Å²) in [5.74, 6) is -2.35. The Labute approximate surface area is 762 Å². The van der Waals surface area contributed by atoms with E-state index < -0.39 is 75.7 Å². The number of carbonyl (C=O) groups is 6. The number of benzene rings is 9. The van der Waals surface area contributed by atoms with Crippen LogP contribution in [0.3, 0.4) is 0 Å². The van der Waals surface area contributed by atoms with E-state index in [9.17, 15) is 68.6 Å². The molecule has 9 heterocycles. The molecular formula is C98H94F6N10O16S2. The van der Waals surface area contributed by atoms with E-state index in [2.05, 4.69) is 10.2 Å². The van der Waals surface area contributed by atoms with Gasteiger partial charge in [0.2, 0.25) is 10.0 Å². The lowest BCUT2D eigenvalue weighted by Crippen LogP contribution is -2.24. The van der Waals surface area contributed by atoms with Crippen molar-refractivity contribution in [1.29, 1.82) is 5.26 Å². The number of anilines is 6. The Hall–Kier alpha value is -14.4. The standard InChI is InChI=1S/C19H21FN2O4S.C18H15FN2O2.C17H16FNO3.C15H14FNO3.C15H14FNO2S.C14H14FN3O2/c1-4-15-12-22(19(23)26-15)14-7-10-17(18(20)11-14)13-5-8-16(9-6-13)27(24,25)21(2)3;1-2-15-11-21(18(22)23-15)14-6-7-16(17(19)9-14)13-5-3-4-12(8-13)10-20;1-2-14-10-19(17(21)22-14)12-5-8-15(16(18)9-12)11-3-6-13(20)7-4-11;1-2-12-8-17(15(18)20-12)11-3-4-13(14(16)7-11)10-5-6-19-9-10;1-2-12-8-17(15(18)19-12)11-3-4-13(14(16)7-11)10-5-6-20-9-10;1-2-10-8-18(14(19)20-10)9-3-4-11(12(15)7-9)13-5-6-16-17-13/h5-11,15H,4,12H2,1-3H3;3-9,15H,2,11H2,1H3;3-9,14,20H,2,10H2,1H3;2*3-7,9,12H,2,8H2,1H3;3-7,10H,2,8H2,1H3,(H,16,17)/t2*15-;14-;2*12-;10-/m000000/s1. The Bertz CT molecular complexity index is 6010. The molecule has 6 saturated heterocycles. The van der Waals surface area contributed by atoms with Gasteiger partial charge in [-0.1, -0.05) is 77.9 Å². The summed E-state index contributed by atoms with van der Waals surface area (Å²) in [7, 11) is -0.631. The molecule has 26 nitrogen and oxygen atoms in total. The maximum Gasteiger partial charge on any atom is 0.414 e. The number of thiophene rings is 1. The van der Waals surface area contributed by atoms with Crippen LogP contribution in [0.2, 0.25) is 0 Å². The summed E-state index contributed by atoms with van der Waals surface area (Å²) < 4.78 is 147. The Morgan fingerprint density at radius 1 is 0.409 bits per heavy atom. The van der Waals surface area contributed by atoms with E-state index in [1.165, 1.54) is 128 Å². The minimum atomic E-state index is -3.54. The molecule has 0 radical (unpaired) electrons. The van der Waals surface area contributed by atoms with Gasteiger partial charge in [0.25, 0.3) is 0 Å². The monoisotopic (exact) mass is 1840 g/mol. The van der Waals surface area contributed by atoms with Crippen LogP contribution in [-0.4, -0.2) is 155 Å². The van der Waals surface area contributed by atoms with Crippen LogP contribution in [0.1, 0.15) is 85.6 Å². The van der Waals surface area contributed by atoms with Gasteiger partial charge in [0.15, 0.2) is 0 Å². The zero-order valence-electron chi connectivity index (χ0n) is 73.1. The number of phenolic OH excluding ortho intramolecular Hbond substituents is 1. The Morgan fingerprint density at radius 3 is 1.02 bits per heavy atom. The minimum Gasteiger partial charge on any atom is -0.508 e. The topological polar surface area (TPSA) is 300 Å². The maximum absolute atomic E-state index is 14.7. The minimum absolute atomic E-state index is 0.109. The Balaban J connectivity index is 0.000000135. The summed E-state index contributed by atoms with van der Waals surface area (Å²) in [6.45, 7) is 14.3. The molecule has 18 rings (SSSR count). The molecule has 0 spiro atoms. The summed E-state index contributed by atoms with van der Waals surface area (Å²) in [6, 6.07) is 54.4. The fourth-order valence-corrected chi connectivity index (χ4v) is 16.3. The number of sulfonamides is 1. The first-order valence-corrected chi connectivity index (χ1v) is 44.9. The number of halogens is 6. The molecule has 12 aromatic rings. The number of ether oxygens (including phenoxy) is 6. The highest BCUT2D eigenvalue weighted by molar-refractivity contribution is 7.89. The summed E-state index contributed by atoms with van der Waals surface area (Å²) in [4.78, 5) is 79.6. The predicted octanol–water partition coefficient (Wildman–Crippen LogP) is 22.6. The number of rotatable bonds is 20. The average molecular weight is 1850 g/mol. The number of hydrogen-bond donors (Lipinski definition) is 2. The largest absolute Gasteiger partial charge is 0.508 e. The first kappa shape index (κ1) is 95.2. The molecule has 0 bridgehead atoms. The fraction of sp³-hybridized carbons (Fsp3) is 0.265. The summed E-state index contributed by atoms with van der Waals surface area (Å²) in [5, 5.41) is 28.5. The lowest BCUT2D eigenvalue weighted by atomic mass is 10.0. The van der Waals surface area contributed by atoms with Crippen LogP contribution in [0.25, 0.3) is 66.9 Å². The van der Waals surface area contributed by atoms with Gasteiger partial charge in [-0.3, -0.25) is 34.5 Å². The highest BCUT2D eigenvalue weighted by Gasteiger charge is 2.38. The van der Waals surface area contributed by atoms with Gasteiger partial charge < -0.3 is 37.9 Å². The second kappa shape index (κ2) is 42.9. The van der Waals surface area contributed by atoms with Crippen molar-refractivity contribution < 1.29 is 101 Å². The SMILES string of the molecule is CC[C@H]1CN(c2ccc(-c3ccc(O)cc3)c(F)c2)C(=O)O1.CC[C@H]1CN(c2ccc(-c3ccc(S(=O)(=O)N(C)C)cc3)c(F)c2)C(=O)O1.CC[C@H]1CN(c2ccc(-c3cccc(C#N)c3)c(F)c2)C(=O)O1.CC[C@H]1CN(c2ccc(-c3ccn[nH]3)c(F)c2)C(=O)O1.CC[C@H]1CN(c2ccc(-c3ccoc3)c(F)c2)C(=O)O1.CC[C@H]1CN(c2ccc(-c3ccsc3)c(F)c2)C(=O)O1. The molecular weight excluding hydrogens is 1750 g/mol. The van der Waals surface area contributed by atoms with Crippen molar-refractivity contribution in [3.63, 3.8) is 0 Å².